The van der Waals surface area contributed by atoms with E-state index in [0.29, 0.717) is 16.4 Å². The van der Waals surface area contributed by atoms with Crippen molar-refractivity contribution in [3.8, 4) is 11.4 Å². The van der Waals surface area contributed by atoms with Crippen LogP contribution in [-0.4, -0.2) is 20.9 Å². The number of carbonyl (C=O) groups excluding carboxylic acids is 1. The molecule has 0 fully saturated rings. The van der Waals surface area contributed by atoms with E-state index >= 15 is 0 Å². The van der Waals surface area contributed by atoms with Crippen molar-refractivity contribution in [3.63, 3.8) is 0 Å². The molecule has 7 heteroatoms. The number of carbonyl (C=O) groups is 1. The van der Waals surface area contributed by atoms with Crippen LogP contribution in [0.5, 0.6) is 0 Å². The molecule has 1 amide bonds. The molecule has 0 bridgehead atoms. The number of rotatable bonds is 4. The molecule has 26 heavy (non-hydrogen) atoms. The van der Waals surface area contributed by atoms with Crippen LogP contribution in [0.4, 0.5) is 5.13 Å². The molecule has 0 spiro atoms. The van der Waals surface area contributed by atoms with Gasteiger partial charge in [-0.05, 0) is 29.7 Å². The average molecular weight is 362 g/mol. The Bertz CT molecular complexity index is 1130. The minimum atomic E-state index is -0.285. The van der Waals surface area contributed by atoms with E-state index in [1.807, 2.05) is 47.8 Å². The first kappa shape index (κ1) is 16.2. The lowest BCUT2D eigenvalue weighted by molar-refractivity contribution is -0.115. The van der Waals surface area contributed by atoms with Crippen LogP contribution < -0.4 is 10.9 Å². The Morgan fingerprint density at radius 3 is 2.81 bits per heavy atom. The third-order valence-corrected chi connectivity index (χ3v) is 4.62. The van der Waals surface area contributed by atoms with Crippen LogP contribution in [0.2, 0.25) is 0 Å². The van der Waals surface area contributed by atoms with E-state index in [9.17, 15) is 9.59 Å². The molecule has 0 aliphatic carbocycles. The van der Waals surface area contributed by atoms with Crippen molar-refractivity contribution in [2.24, 2.45) is 0 Å². The Kier molecular flexibility index (Phi) is 4.28. The highest BCUT2D eigenvalue weighted by Gasteiger charge is 2.12. The van der Waals surface area contributed by atoms with Crippen molar-refractivity contribution in [2.75, 3.05) is 5.32 Å². The van der Waals surface area contributed by atoms with Gasteiger partial charge in [0, 0.05) is 22.7 Å². The lowest BCUT2D eigenvalue weighted by Crippen LogP contribution is -2.20. The van der Waals surface area contributed by atoms with Gasteiger partial charge in [-0.2, -0.15) is 0 Å². The fraction of sp³-hybridized carbons (Fsp3) is 0.0526. The zero-order chi connectivity index (χ0) is 17.9. The molecule has 1 aromatic carbocycles. The number of fused-ring (bicyclic) bond motifs is 1. The number of hydrogen-bond donors (Lipinski definition) is 2. The third-order valence-electron chi connectivity index (χ3n) is 3.86. The Morgan fingerprint density at radius 2 is 1.96 bits per heavy atom. The molecule has 0 atom stereocenters. The van der Waals surface area contributed by atoms with Gasteiger partial charge in [0.2, 0.25) is 5.91 Å². The van der Waals surface area contributed by atoms with Crippen LogP contribution in [0.3, 0.4) is 0 Å². The zero-order valence-corrected chi connectivity index (χ0v) is 14.4. The second-order valence-electron chi connectivity index (χ2n) is 5.69. The number of anilines is 1. The Morgan fingerprint density at radius 1 is 1.12 bits per heavy atom. The molecule has 2 N–H and O–H groups in total. The monoisotopic (exact) mass is 362 g/mol. The number of amides is 1. The van der Waals surface area contributed by atoms with Gasteiger partial charge in [0.15, 0.2) is 5.13 Å². The number of pyridine rings is 2. The first-order chi connectivity index (χ1) is 12.7. The summed E-state index contributed by atoms with van der Waals surface area (Å²) in [5.41, 5.74) is 2.36. The van der Waals surface area contributed by atoms with Gasteiger partial charge in [-0.1, -0.05) is 24.3 Å². The Balaban J connectivity index is 1.50. The molecule has 6 nitrogen and oxygen atoms in total. The molecule has 0 aliphatic heterocycles. The Hall–Kier alpha value is -3.32. The molecule has 0 radical (unpaired) electrons. The van der Waals surface area contributed by atoms with Crippen LogP contribution >= 0.6 is 11.3 Å². The molecule has 3 aromatic heterocycles. The number of aromatic nitrogens is 3. The van der Waals surface area contributed by atoms with E-state index in [-0.39, 0.29) is 17.9 Å². The maximum Gasteiger partial charge on any atom is 0.252 e. The Labute approximate surface area is 152 Å². The topological polar surface area (TPSA) is 87.7 Å². The normalized spacial score (nSPS) is 10.8. The van der Waals surface area contributed by atoms with Crippen LogP contribution in [0, 0.1) is 0 Å². The minimum Gasteiger partial charge on any atom is -0.322 e. The van der Waals surface area contributed by atoms with Crippen LogP contribution in [0.15, 0.2) is 64.9 Å². The van der Waals surface area contributed by atoms with Crippen LogP contribution in [0.1, 0.15) is 5.56 Å². The van der Waals surface area contributed by atoms with Crippen LogP contribution in [0.25, 0.3) is 22.3 Å². The molecule has 0 aliphatic rings. The van der Waals surface area contributed by atoms with Gasteiger partial charge in [0.05, 0.1) is 12.1 Å². The van der Waals surface area contributed by atoms with E-state index in [2.05, 4.69) is 20.3 Å². The molecule has 4 rings (SSSR count). The SMILES string of the molecule is O=C(Cc1cc2ccccc2[nH]c1=O)Nc1nc(-c2ccccn2)cs1. The maximum absolute atomic E-state index is 12.3. The highest BCUT2D eigenvalue weighted by molar-refractivity contribution is 7.14. The lowest BCUT2D eigenvalue weighted by atomic mass is 10.1. The number of nitrogens with one attached hydrogen (secondary N) is 2. The fourth-order valence-corrected chi connectivity index (χ4v) is 3.34. The van der Waals surface area contributed by atoms with E-state index in [1.165, 1.54) is 11.3 Å². The van der Waals surface area contributed by atoms with Gasteiger partial charge in [-0.15, -0.1) is 11.3 Å². The largest absolute Gasteiger partial charge is 0.322 e. The van der Waals surface area contributed by atoms with E-state index in [0.717, 1.165) is 16.6 Å². The minimum absolute atomic E-state index is 0.0152. The number of benzene rings is 1. The third kappa shape index (κ3) is 3.38. The molecular weight excluding hydrogens is 348 g/mol. The van der Waals surface area contributed by atoms with Crippen molar-refractivity contribution in [1.29, 1.82) is 0 Å². The number of aromatic amines is 1. The summed E-state index contributed by atoms with van der Waals surface area (Å²) in [6, 6.07) is 14.8. The molecule has 0 saturated carbocycles. The highest BCUT2D eigenvalue weighted by atomic mass is 32.1. The average Bonchev–Trinajstić information content (AvgIpc) is 3.11. The first-order valence-corrected chi connectivity index (χ1v) is 8.85. The number of thiazole rings is 1. The van der Waals surface area contributed by atoms with Gasteiger partial charge in [0.1, 0.15) is 5.69 Å². The van der Waals surface area contributed by atoms with Gasteiger partial charge >= 0.3 is 0 Å². The second kappa shape index (κ2) is 6.89. The van der Waals surface area contributed by atoms with Gasteiger partial charge < -0.3 is 10.3 Å². The standard InChI is InChI=1S/C19H14N4O2S/c24-17(10-13-9-12-5-1-2-6-14(12)21-18(13)25)23-19-22-16(11-26-19)15-7-3-4-8-20-15/h1-9,11H,10H2,(H,21,25)(H,22,23,24). The molecule has 0 saturated heterocycles. The van der Waals surface area contributed by atoms with Crippen molar-refractivity contribution in [1.82, 2.24) is 15.0 Å². The first-order valence-electron chi connectivity index (χ1n) is 7.97. The molecule has 3 heterocycles. The molecule has 0 unspecified atom stereocenters. The second-order valence-corrected chi connectivity index (χ2v) is 6.55. The van der Waals surface area contributed by atoms with Crippen molar-refractivity contribution < 1.29 is 4.79 Å². The summed E-state index contributed by atoms with van der Waals surface area (Å²) in [5.74, 6) is -0.285. The van der Waals surface area contributed by atoms with Crippen LogP contribution in [-0.2, 0) is 11.2 Å². The van der Waals surface area contributed by atoms with Gasteiger partial charge in [-0.25, -0.2) is 4.98 Å². The summed E-state index contributed by atoms with van der Waals surface area (Å²) in [4.78, 5) is 35.9. The van der Waals surface area contributed by atoms with Crippen molar-refractivity contribution in [3.05, 3.63) is 76.0 Å². The number of para-hydroxylation sites is 1. The fourth-order valence-electron chi connectivity index (χ4n) is 2.62. The highest BCUT2D eigenvalue weighted by Crippen LogP contribution is 2.23. The summed E-state index contributed by atoms with van der Waals surface area (Å²) >= 11 is 1.32. The summed E-state index contributed by atoms with van der Waals surface area (Å²) in [6.07, 6.45) is 1.68. The zero-order valence-electron chi connectivity index (χ0n) is 13.6. The van der Waals surface area contributed by atoms with Gasteiger partial charge in [0.25, 0.3) is 5.56 Å². The summed E-state index contributed by atoms with van der Waals surface area (Å²) in [5, 5.41) is 5.95. The predicted molar refractivity (Wildman–Crippen MR) is 102 cm³/mol. The van der Waals surface area contributed by atoms with E-state index in [1.54, 1.807) is 12.3 Å². The summed E-state index contributed by atoms with van der Waals surface area (Å²) < 4.78 is 0. The van der Waals surface area contributed by atoms with Crippen molar-refractivity contribution in [2.45, 2.75) is 6.42 Å². The van der Waals surface area contributed by atoms with Crippen molar-refractivity contribution >= 4 is 33.3 Å². The predicted octanol–water partition coefficient (Wildman–Crippen LogP) is 3.23. The molecule has 4 aromatic rings. The van der Waals surface area contributed by atoms with E-state index in [4.69, 9.17) is 0 Å². The quantitative estimate of drug-likeness (QED) is 0.583. The number of nitrogens with zero attached hydrogens (tertiary/aromatic N) is 2. The summed E-state index contributed by atoms with van der Waals surface area (Å²) in [6.45, 7) is 0. The van der Waals surface area contributed by atoms with Gasteiger partial charge in [-0.3, -0.25) is 14.6 Å². The smallest absolute Gasteiger partial charge is 0.252 e. The van der Waals surface area contributed by atoms with E-state index < -0.39 is 0 Å². The molecule has 128 valence electrons. The number of hydrogen-bond acceptors (Lipinski definition) is 5. The lowest BCUT2D eigenvalue weighted by Gasteiger charge is -2.03. The summed E-state index contributed by atoms with van der Waals surface area (Å²) in [7, 11) is 0. The molecular formula is C19H14N4O2S. The number of H-pyrrole nitrogens is 1. The maximum atomic E-state index is 12.3.